The summed E-state index contributed by atoms with van der Waals surface area (Å²) in [7, 11) is 0. The van der Waals surface area contributed by atoms with Crippen LogP contribution in [0.5, 0.6) is 0 Å². The summed E-state index contributed by atoms with van der Waals surface area (Å²) in [4.78, 5) is 37.2. The van der Waals surface area contributed by atoms with Crippen LogP contribution in [0.1, 0.15) is 26.3 Å². The van der Waals surface area contributed by atoms with Crippen LogP contribution in [0.2, 0.25) is 0 Å². The van der Waals surface area contributed by atoms with Gasteiger partial charge in [0.1, 0.15) is 0 Å². The highest BCUT2D eigenvalue weighted by Crippen LogP contribution is 2.22. The first-order valence-electron chi connectivity index (χ1n) is 9.38. The van der Waals surface area contributed by atoms with Gasteiger partial charge in [0.05, 0.1) is 11.3 Å². The van der Waals surface area contributed by atoms with Crippen molar-refractivity contribution in [3.63, 3.8) is 0 Å². The number of carbonyl (C=O) groups excluding carboxylic acids is 2. The smallest absolute Gasteiger partial charge is 0.264 e. The van der Waals surface area contributed by atoms with Crippen molar-refractivity contribution >= 4 is 33.3 Å². The van der Waals surface area contributed by atoms with Crippen molar-refractivity contribution in [2.24, 2.45) is 0 Å². The zero-order chi connectivity index (χ0) is 21.8. The van der Waals surface area contributed by atoms with Crippen LogP contribution < -0.4 is 10.9 Å². The molecule has 0 bridgehead atoms. The van der Waals surface area contributed by atoms with E-state index >= 15 is 0 Å². The molecule has 1 aromatic heterocycles. The van der Waals surface area contributed by atoms with E-state index in [4.69, 9.17) is 0 Å². The summed E-state index contributed by atoms with van der Waals surface area (Å²) in [6.45, 7) is 0. The van der Waals surface area contributed by atoms with Gasteiger partial charge in [-0.05, 0) is 48.5 Å². The molecule has 3 aromatic carbocycles. The second-order valence-corrected chi connectivity index (χ2v) is 7.64. The largest absolute Gasteiger partial charge is 0.322 e. The Labute approximate surface area is 186 Å². The van der Waals surface area contributed by atoms with Crippen molar-refractivity contribution in [3.05, 3.63) is 116 Å². The normalized spacial score (nSPS) is 10.5. The third kappa shape index (κ3) is 4.67. The number of nitrogens with zero attached hydrogens (tertiary/aromatic N) is 1. The molecule has 152 valence electrons. The number of hydrogen-bond acceptors (Lipinski definition) is 4. The number of H-pyrrole nitrogens is 1. The first kappa shape index (κ1) is 20.4. The van der Waals surface area contributed by atoms with Crippen LogP contribution in [-0.2, 0) is 0 Å². The number of ketones is 1. The monoisotopic (exact) mass is 473 g/mol. The molecule has 2 N–H and O–H groups in total. The van der Waals surface area contributed by atoms with Gasteiger partial charge in [-0.3, -0.25) is 14.4 Å². The van der Waals surface area contributed by atoms with Gasteiger partial charge >= 0.3 is 0 Å². The SMILES string of the molecule is O=C(Nc1cccc(-c2ccc(=O)[nH]n2)c1)c1ccccc1C(=O)c1ccc(Br)cc1. The summed E-state index contributed by atoms with van der Waals surface area (Å²) in [5, 5.41) is 9.23. The van der Waals surface area contributed by atoms with Gasteiger partial charge in [0, 0.05) is 32.9 Å². The minimum Gasteiger partial charge on any atom is -0.322 e. The van der Waals surface area contributed by atoms with Crippen molar-refractivity contribution in [1.29, 1.82) is 0 Å². The van der Waals surface area contributed by atoms with Gasteiger partial charge in [0.25, 0.3) is 11.5 Å². The lowest BCUT2D eigenvalue weighted by Crippen LogP contribution is -2.17. The third-order valence-corrected chi connectivity index (χ3v) is 5.15. The molecule has 0 aliphatic heterocycles. The standard InChI is InChI=1S/C24H16BrN3O3/c25-17-10-8-15(9-11-17)23(30)19-6-1-2-7-20(19)24(31)26-18-5-3-4-16(14-18)21-12-13-22(29)28-27-21/h1-14H,(H,26,31)(H,28,29). The van der Waals surface area contributed by atoms with Crippen LogP contribution in [0.3, 0.4) is 0 Å². The van der Waals surface area contributed by atoms with E-state index in [-0.39, 0.29) is 16.9 Å². The molecule has 0 unspecified atom stereocenters. The lowest BCUT2D eigenvalue weighted by Gasteiger charge is -2.11. The third-order valence-electron chi connectivity index (χ3n) is 4.62. The maximum absolute atomic E-state index is 13.0. The van der Waals surface area contributed by atoms with E-state index in [2.05, 4.69) is 31.4 Å². The highest BCUT2D eigenvalue weighted by molar-refractivity contribution is 9.10. The molecule has 0 radical (unpaired) electrons. The van der Waals surface area contributed by atoms with Crippen LogP contribution in [-0.4, -0.2) is 21.9 Å². The first-order chi connectivity index (χ1) is 15.0. The Hall–Kier alpha value is -3.84. The number of hydrogen-bond donors (Lipinski definition) is 2. The van der Waals surface area contributed by atoms with Gasteiger partial charge in [-0.2, -0.15) is 5.10 Å². The zero-order valence-corrected chi connectivity index (χ0v) is 17.7. The summed E-state index contributed by atoms with van der Waals surface area (Å²) < 4.78 is 0.868. The van der Waals surface area contributed by atoms with Gasteiger partial charge in [-0.1, -0.05) is 46.3 Å². The average molecular weight is 474 g/mol. The van der Waals surface area contributed by atoms with Crippen molar-refractivity contribution in [1.82, 2.24) is 10.2 Å². The molecule has 4 aromatic rings. The van der Waals surface area contributed by atoms with Crippen molar-refractivity contribution in [2.75, 3.05) is 5.32 Å². The molecule has 0 saturated heterocycles. The second-order valence-electron chi connectivity index (χ2n) is 6.72. The van der Waals surface area contributed by atoms with Gasteiger partial charge in [-0.15, -0.1) is 0 Å². The van der Waals surface area contributed by atoms with E-state index in [0.717, 1.165) is 10.0 Å². The van der Waals surface area contributed by atoms with Crippen LogP contribution in [0.4, 0.5) is 5.69 Å². The molecule has 31 heavy (non-hydrogen) atoms. The molecular weight excluding hydrogens is 458 g/mol. The van der Waals surface area contributed by atoms with E-state index in [0.29, 0.717) is 22.5 Å². The van der Waals surface area contributed by atoms with E-state index in [1.54, 1.807) is 72.8 Å². The lowest BCUT2D eigenvalue weighted by atomic mass is 9.98. The fourth-order valence-electron chi connectivity index (χ4n) is 3.10. The summed E-state index contributed by atoms with van der Waals surface area (Å²) in [6.07, 6.45) is 0. The maximum atomic E-state index is 13.0. The second kappa shape index (κ2) is 8.89. The topological polar surface area (TPSA) is 91.9 Å². The minimum atomic E-state index is -0.396. The van der Waals surface area contributed by atoms with Crippen molar-refractivity contribution in [2.45, 2.75) is 0 Å². The predicted molar refractivity (Wildman–Crippen MR) is 122 cm³/mol. The maximum Gasteiger partial charge on any atom is 0.264 e. The van der Waals surface area contributed by atoms with Gasteiger partial charge < -0.3 is 5.32 Å². The molecule has 0 spiro atoms. The Bertz CT molecular complexity index is 1310. The summed E-state index contributed by atoms with van der Waals surface area (Å²) in [5.41, 5.74) is 2.65. The molecule has 1 heterocycles. The Morgan fingerprint density at radius 1 is 0.839 bits per heavy atom. The number of aromatic amines is 1. The molecule has 0 aliphatic rings. The van der Waals surface area contributed by atoms with Crippen LogP contribution in [0.25, 0.3) is 11.3 Å². The number of nitrogens with one attached hydrogen (secondary N) is 2. The zero-order valence-electron chi connectivity index (χ0n) is 16.1. The van der Waals surface area contributed by atoms with E-state index in [9.17, 15) is 14.4 Å². The molecule has 4 rings (SSSR count). The molecule has 0 fully saturated rings. The first-order valence-corrected chi connectivity index (χ1v) is 10.2. The quantitative estimate of drug-likeness (QED) is 0.411. The fraction of sp³-hybridized carbons (Fsp3) is 0. The van der Waals surface area contributed by atoms with Crippen molar-refractivity contribution < 1.29 is 9.59 Å². The van der Waals surface area contributed by atoms with Crippen molar-refractivity contribution in [3.8, 4) is 11.3 Å². The number of halogens is 1. The molecule has 7 heteroatoms. The number of aromatic nitrogens is 2. The Kier molecular flexibility index (Phi) is 5.86. The van der Waals surface area contributed by atoms with Gasteiger partial charge in [0.2, 0.25) is 0 Å². The Morgan fingerprint density at radius 2 is 1.58 bits per heavy atom. The highest BCUT2D eigenvalue weighted by Gasteiger charge is 2.18. The minimum absolute atomic E-state index is 0.232. The van der Waals surface area contributed by atoms with E-state index in [1.165, 1.54) is 6.07 Å². The highest BCUT2D eigenvalue weighted by atomic mass is 79.9. The molecule has 1 amide bonds. The van der Waals surface area contributed by atoms with Crippen LogP contribution >= 0.6 is 15.9 Å². The fourth-order valence-corrected chi connectivity index (χ4v) is 3.36. The predicted octanol–water partition coefficient (Wildman–Crippen LogP) is 4.68. The number of amides is 1. The molecule has 0 atom stereocenters. The van der Waals surface area contributed by atoms with E-state index < -0.39 is 5.91 Å². The number of benzene rings is 3. The number of carbonyl (C=O) groups is 2. The average Bonchev–Trinajstić information content (AvgIpc) is 2.80. The van der Waals surface area contributed by atoms with Gasteiger partial charge in [0.15, 0.2) is 5.78 Å². The molecule has 0 aliphatic carbocycles. The van der Waals surface area contributed by atoms with Gasteiger partial charge in [-0.25, -0.2) is 5.10 Å². The summed E-state index contributed by atoms with van der Waals surface area (Å²) in [5.74, 6) is -0.628. The molecule has 0 saturated carbocycles. The lowest BCUT2D eigenvalue weighted by molar-refractivity contribution is 0.0996. The Morgan fingerprint density at radius 3 is 2.29 bits per heavy atom. The number of anilines is 1. The van der Waals surface area contributed by atoms with Crippen LogP contribution in [0, 0.1) is 0 Å². The molecular formula is C24H16BrN3O3. The Balaban J connectivity index is 1.61. The summed E-state index contributed by atoms with van der Waals surface area (Å²) in [6, 6.07) is 23.8. The molecule has 6 nitrogen and oxygen atoms in total. The van der Waals surface area contributed by atoms with E-state index in [1.807, 2.05) is 6.07 Å². The number of rotatable bonds is 5. The van der Waals surface area contributed by atoms with Crippen LogP contribution in [0.15, 0.2) is 94.2 Å². The summed E-state index contributed by atoms with van der Waals surface area (Å²) >= 11 is 3.35.